The average Bonchev–Trinajstić information content (AvgIpc) is 3.12. The molecule has 1 saturated heterocycles. The predicted octanol–water partition coefficient (Wildman–Crippen LogP) is 2.40. The number of ether oxygens (including phenoxy) is 1. The maximum Gasteiger partial charge on any atom is 0.108 e. The standard InChI is InChI=1S/C15H22N4OS/c1-20-11-15-10-19(17-16-15)9-13-3-2-5-18(7-13)8-14-4-6-21-12-14/h4,6,10,12-13H,2-3,5,7-9,11H2,1H3. The minimum Gasteiger partial charge on any atom is -0.378 e. The quantitative estimate of drug-likeness (QED) is 0.822. The molecule has 0 amide bonds. The molecule has 21 heavy (non-hydrogen) atoms. The topological polar surface area (TPSA) is 43.2 Å². The molecule has 0 N–H and O–H groups in total. The molecule has 0 aliphatic carbocycles. The molecule has 0 bridgehead atoms. The summed E-state index contributed by atoms with van der Waals surface area (Å²) in [7, 11) is 1.68. The summed E-state index contributed by atoms with van der Waals surface area (Å²) in [6.45, 7) is 4.92. The molecule has 1 aliphatic rings. The molecule has 5 nitrogen and oxygen atoms in total. The van der Waals surface area contributed by atoms with E-state index >= 15 is 0 Å². The van der Waals surface area contributed by atoms with Crippen molar-refractivity contribution in [3.63, 3.8) is 0 Å². The highest BCUT2D eigenvalue weighted by Crippen LogP contribution is 2.20. The molecular formula is C15H22N4OS. The van der Waals surface area contributed by atoms with Crippen LogP contribution >= 0.6 is 11.3 Å². The molecular weight excluding hydrogens is 284 g/mol. The lowest BCUT2D eigenvalue weighted by Gasteiger charge is -2.32. The summed E-state index contributed by atoms with van der Waals surface area (Å²) in [4.78, 5) is 2.56. The normalized spacial score (nSPS) is 20.0. The van der Waals surface area contributed by atoms with E-state index in [1.54, 1.807) is 18.4 Å². The lowest BCUT2D eigenvalue weighted by Crippen LogP contribution is -2.36. The summed E-state index contributed by atoms with van der Waals surface area (Å²) in [6.07, 6.45) is 4.55. The van der Waals surface area contributed by atoms with Crippen molar-refractivity contribution < 1.29 is 4.74 Å². The Balaban J connectivity index is 1.53. The monoisotopic (exact) mass is 306 g/mol. The smallest absolute Gasteiger partial charge is 0.108 e. The Labute approximate surface area is 129 Å². The van der Waals surface area contributed by atoms with Crippen LogP contribution in [0.1, 0.15) is 24.1 Å². The molecule has 3 heterocycles. The zero-order valence-corrected chi connectivity index (χ0v) is 13.3. The maximum atomic E-state index is 5.08. The molecule has 0 aromatic carbocycles. The minimum atomic E-state index is 0.537. The Bertz CT molecular complexity index is 540. The molecule has 1 unspecified atom stereocenters. The zero-order valence-electron chi connectivity index (χ0n) is 12.4. The zero-order chi connectivity index (χ0) is 14.5. The summed E-state index contributed by atoms with van der Waals surface area (Å²) < 4.78 is 7.05. The Morgan fingerprint density at radius 2 is 2.43 bits per heavy atom. The molecule has 0 saturated carbocycles. The molecule has 0 radical (unpaired) electrons. The highest BCUT2D eigenvalue weighted by Gasteiger charge is 2.21. The second kappa shape index (κ2) is 7.15. The van der Waals surface area contributed by atoms with E-state index in [1.807, 2.05) is 10.9 Å². The van der Waals surface area contributed by atoms with Crippen LogP contribution < -0.4 is 0 Å². The van der Waals surface area contributed by atoms with Gasteiger partial charge in [0.2, 0.25) is 0 Å². The van der Waals surface area contributed by atoms with E-state index in [1.165, 1.54) is 24.9 Å². The third kappa shape index (κ3) is 4.12. The SMILES string of the molecule is COCc1cn(CC2CCCN(Cc3ccsc3)C2)nn1. The van der Waals surface area contributed by atoms with Crippen LogP contribution in [0.25, 0.3) is 0 Å². The van der Waals surface area contributed by atoms with Crippen molar-refractivity contribution >= 4 is 11.3 Å². The number of thiophene rings is 1. The van der Waals surface area contributed by atoms with Gasteiger partial charge in [0.25, 0.3) is 0 Å². The Morgan fingerprint density at radius 1 is 1.48 bits per heavy atom. The Kier molecular flexibility index (Phi) is 5.00. The molecule has 0 spiro atoms. The number of hydrogen-bond donors (Lipinski definition) is 0. The summed E-state index contributed by atoms with van der Waals surface area (Å²) in [5.74, 6) is 0.662. The number of hydrogen-bond acceptors (Lipinski definition) is 5. The number of methoxy groups -OCH3 is 1. The number of piperidine rings is 1. The van der Waals surface area contributed by atoms with Crippen molar-refractivity contribution in [2.45, 2.75) is 32.5 Å². The third-order valence-electron chi connectivity index (χ3n) is 3.91. The predicted molar refractivity (Wildman–Crippen MR) is 83.1 cm³/mol. The Morgan fingerprint density at radius 3 is 3.24 bits per heavy atom. The molecule has 114 valence electrons. The fraction of sp³-hybridized carbons (Fsp3) is 0.600. The van der Waals surface area contributed by atoms with Gasteiger partial charge in [0, 0.05) is 26.7 Å². The molecule has 1 aliphatic heterocycles. The fourth-order valence-corrected chi connectivity index (χ4v) is 3.65. The van der Waals surface area contributed by atoms with E-state index in [2.05, 4.69) is 32.0 Å². The first-order valence-electron chi connectivity index (χ1n) is 7.45. The van der Waals surface area contributed by atoms with Crippen LogP contribution in [-0.4, -0.2) is 40.1 Å². The first-order chi connectivity index (χ1) is 10.3. The van der Waals surface area contributed by atoms with Crippen LogP contribution in [0.5, 0.6) is 0 Å². The second-order valence-electron chi connectivity index (χ2n) is 5.74. The van der Waals surface area contributed by atoms with Gasteiger partial charge in [0.05, 0.1) is 12.8 Å². The first kappa shape index (κ1) is 14.7. The Hall–Kier alpha value is -1.24. The first-order valence-corrected chi connectivity index (χ1v) is 8.39. The van der Waals surface area contributed by atoms with Gasteiger partial charge in [-0.25, -0.2) is 0 Å². The van der Waals surface area contributed by atoms with Gasteiger partial charge in [-0.05, 0) is 47.7 Å². The van der Waals surface area contributed by atoms with Crippen LogP contribution in [0, 0.1) is 5.92 Å². The van der Waals surface area contributed by atoms with Crippen molar-refractivity contribution in [2.75, 3.05) is 20.2 Å². The summed E-state index contributed by atoms with van der Waals surface area (Å²) in [5, 5.41) is 12.7. The number of likely N-dealkylation sites (tertiary alicyclic amines) is 1. The van der Waals surface area contributed by atoms with Crippen LogP contribution in [0.4, 0.5) is 0 Å². The van der Waals surface area contributed by atoms with Crippen LogP contribution in [0.2, 0.25) is 0 Å². The van der Waals surface area contributed by atoms with Gasteiger partial charge in [-0.2, -0.15) is 11.3 Å². The third-order valence-corrected chi connectivity index (χ3v) is 4.65. The minimum absolute atomic E-state index is 0.537. The summed E-state index contributed by atoms with van der Waals surface area (Å²) in [5.41, 5.74) is 2.34. The van der Waals surface area contributed by atoms with E-state index in [0.29, 0.717) is 12.5 Å². The molecule has 2 aromatic heterocycles. The van der Waals surface area contributed by atoms with Gasteiger partial charge < -0.3 is 4.74 Å². The van der Waals surface area contributed by atoms with Gasteiger partial charge in [-0.15, -0.1) is 5.10 Å². The van der Waals surface area contributed by atoms with Crippen molar-refractivity contribution in [1.29, 1.82) is 0 Å². The van der Waals surface area contributed by atoms with Crippen LogP contribution in [0.15, 0.2) is 23.0 Å². The van der Waals surface area contributed by atoms with E-state index in [-0.39, 0.29) is 0 Å². The van der Waals surface area contributed by atoms with E-state index in [9.17, 15) is 0 Å². The van der Waals surface area contributed by atoms with E-state index in [0.717, 1.165) is 25.3 Å². The number of rotatable bonds is 6. The van der Waals surface area contributed by atoms with Gasteiger partial charge >= 0.3 is 0 Å². The number of nitrogens with zero attached hydrogens (tertiary/aromatic N) is 4. The van der Waals surface area contributed by atoms with E-state index in [4.69, 9.17) is 4.74 Å². The highest BCUT2D eigenvalue weighted by molar-refractivity contribution is 7.07. The molecule has 3 rings (SSSR count). The summed E-state index contributed by atoms with van der Waals surface area (Å²) in [6, 6.07) is 2.22. The van der Waals surface area contributed by atoms with Gasteiger partial charge in [-0.1, -0.05) is 5.21 Å². The fourth-order valence-electron chi connectivity index (χ4n) is 2.99. The van der Waals surface area contributed by atoms with Crippen molar-refractivity contribution in [1.82, 2.24) is 19.9 Å². The largest absolute Gasteiger partial charge is 0.378 e. The van der Waals surface area contributed by atoms with Crippen LogP contribution in [0.3, 0.4) is 0 Å². The van der Waals surface area contributed by atoms with Gasteiger partial charge in [0.1, 0.15) is 5.69 Å². The van der Waals surface area contributed by atoms with Crippen molar-refractivity contribution in [2.24, 2.45) is 5.92 Å². The lowest BCUT2D eigenvalue weighted by atomic mass is 9.98. The second-order valence-corrected chi connectivity index (χ2v) is 6.52. The average molecular weight is 306 g/mol. The van der Waals surface area contributed by atoms with E-state index < -0.39 is 0 Å². The maximum absolute atomic E-state index is 5.08. The van der Waals surface area contributed by atoms with Crippen LogP contribution in [-0.2, 0) is 24.4 Å². The molecule has 6 heteroatoms. The van der Waals surface area contributed by atoms with Crippen molar-refractivity contribution in [3.05, 3.63) is 34.3 Å². The summed E-state index contributed by atoms with van der Waals surface area (Å²) >= 11 is 1.78. The molecule has 2 aromatic rings. The van der Waals surface area contributed by atoms with Gasteiger partial charge in [0.15, 0.2) is 0 Å². The van der Waals surface area contributed by atoms with Crippen molar-refractivity contribution in [3.8, 4) is 0 Å². The highest BCUT2D eigenvalue weighted by atomic mass is 32.1. The molecule has 1 fully saturated rings. The lowest BCUT2D eigenvalue weighted by molar-refractivity contribution is 0.153. The van der Waals surface area contributed by atoms with Gasteiger partial charge in [-0.3, -0.25) is 9.58 Å². The molecule has 1 atom stereocenters. The number of aromatic nitrogens is 3.